The lowest BCUT2D eigenvalue weighted by Gasteiger charge is -2.12. The van der Waals surface area contributed by atoms with E-state index in [1.165, 1.54) is 18.6 Å². The van der Waals surface area contributed by atoms with Crippen LogP contribution >= 0.6 is 0 Å². The van der Waals surface area contributed by atoms with Crippen LogP contribution in [0.3, 0.4) is 0 Å². The number of hydrogen-bond donors (Lipinski definition) is 1. The molecule has 0 saturated carbocycles. The first-order valence-corrected chi connectivity index (χ1v) is 9.67. The highest BCUT2D eigenvalue weighted by molar-refractivity contribution is 5.98. The summed E-state index contributed by atoms with van der Waals surface area (Å²) in [4.78, 5) is 29.7. The molecule has 4 aromatic rings. The van der Waals surface area contributed by atoms with Gasteiger partial charge >= 0.3 is 0 Å². The van der Waals surface area contributed by atoms with Crippen molar-refractivity contribution in [3.05, 3.63) is 94.0 Å². The summed E-state index contributed by atoms with van der Waals surface area (Å²) >= 11 is 0. The highest BCUT2D eigenvalue weighted by Crippen LogP contribution is 2.35. The number of carbonyl (C=O) groups is 1. The van der Waals surface area contributed by atoms with Gasteiger partial charge < -0.3 is 9.84 Å². The van der Waals surface area contributed by atoms with Crippen molar-refractivity contribution >= 4 is 28.8 Å². The second-order valence-electron chi connectivity index (χ2n) is 6.94. The highest BCUT2D eigenvalue weighted by atomic mass is 16.5. The molecule has 0 fully saturated rings. The van der Waals surface area contributed by atoms with Crippen LogP contribution in [-0.4, -0.2) is 27.6 Å². The minimum absolute atomic E-state index is 0.113. The molecule has 6 nitrogen and oxygen atoms in total. The minimum Gasteiger partial charge on any atom is -0.504 e. The number of nitrogens with zero attached hydrogens (tertiary/aromatic N) is 2. The van der Waals surface area contributed by atoms with Crippen molar-refractivity contribution in [2.45, 2.75) is 6.92 Å². The molecule has 0 atom stereocenters. The van der Waals surface area contributed by atoms with E-state index in [0.717, 1.165) is 0 Å². The van der Waals surface area contributed by atoms with Crippen molar-refractivity contribution < 1.29 is 14.6 Å². The number of carbonyl (C=O) groups excluding carboxylic acids is 1. The maximum Gasteiger partial charge on any atom is 0.266 e. The number of rotatable bonds is 5. The fourth-order valence-electron chi connectivity index (χ4n) is 3.46. The molecule has 0 amide bonds. The first kappa shape index (κ1) is 20.1. The van der Waals surface area contributed by atoms with E-state index >= 15 is 0 Å². The number of Topliss-reactive ketones (excluding diaryl/α,β-unsaturated/α-hetero) is 1. The molecule has 0 aliphatic carbocycles. The molecular weight excluding hydrogens is 392 g/mol. The second-order valence-corrected chi connectivity index (χ2v) is 6.94. The molecule has 4 rings (SSSR count). The largest absolute Gasteiger partial charge is 0.504 e. The molecular formula is C25H20N2O4. The van der Waals surface area contributed by atoms with E-state index in [1.807, 2.05) is 36.4 Å². The number of hydrogen-bond acceptors (Lipinski definition) is 5. The topological polar surface area (TPSA) is 81.4 Å². The van der Waals surface area contributed by atoms with Gasteiger partial charge in [-0.1, -0.05) is 36.4 Å². The van der Waals surface area contributed by atoms with Gasteiger partial charge in [-0.25, -0.2) is 4.98 Å². The quantitative estimate of drug-likeness (QED) is 0.489. The molecule has 3 aromatic carbocycles. The number of ether oxygens (including phenoxy) is 1. The molecule has 0 unspecified atom stereocenters. The number of phenols is 1. The van der Waals surface area contributed by atoms with Crippen molar-refractivity contribution in [2.75, 3.05) is 7.11 Å². The molecule has 0 spiro atoms. The Bertz CT molecular complexity index is 1370. The molecule has 1 N–H and O–H groups in total. The zero-order valence-corrected chi connectivity index (χ0v) is 17.1. The highest BCUT2D eigenvalue weighted by Gasteiger charge is 2.16. The SMILES string of the molecule is COc1c(C(C)=O)ccc(C=Cc2nc3ccccc3c(=O)n2-c2ccccc2)c1O. The van der Waals surface area contributed by atoms with Gasteiger partial charge in [0.05, 0.1) is 29.3 Å². The monoisotopic (exact) mass is 412 g/mol. The van der Waals surface area contributed by atoms with E-state index in [4.69, 9.17) is 4.74 Å². The number of aromatic hydroxyl groups is 1. The Balaban J connectivity index is 1.90. The van der Waals surface area contributed by atoms with Gasteiger partial charge in [0, 0.05) is 5.56 Å². The molecule has 0 radical (unpaired) electrons. The summed E-state index contributed by atoms with van der Waals surface area (Å²) in [6.07, 6.45) is 3.29. The zero-order chi connectivity index (χ0) is 22.0. The first-order chi connectivity index (χ1) is 15.0. The summed E-state index contributed by atoms with van der Waals surface area (Å²) < 4.78 is 6.75. The lowest BCUT2D eigenvalue weighted by atomic mass is 10.1. The van der Waals surface area contributed by atoms with Crippen molar-refractivity contribution in [3.8, 4) is 17.2 Å². The average Bonchev–Trinajstić information content (AvgIpc) is 2.78. The third-order valence-corrected chi connectivity index (χ3v) is 4.97. The predicted octanol–water partition coefficient (Wildman–Crippen LogP) is 4.47. The summed E-state index contributed by atoms with van der Waals surface area (Å²) in [5.41, 5.74) is 1.79. The Morgan fingerprint density at radius 2 is 1.71 bits per heavy atom. The van der Waals surface area contributed by atoms with Gasteiger partial charge in [0.1, 0.15) is 5.82 Å². The van der Waals surface area contributed by atoms with E-state index in [1.54, 1.807) is 42.5 Å². The van der Waals surface area contributed by atoms with Gasteiger partial charge in [-0.3, -0.25) is 14.2 Å². The molecule has 1 aromatic heterocycles. The second kappa shape index (κ2) is 8.28. The van der Waals surface area contributed by atoms with Crippen molar-refractivity contribution in [1.29, 1.82) is 0 Å². The molecule has 154 valence electrons. The smallest absolute Gasteiger partial charge is 0.266 e. The zero-order valence-electron chi connectivity index (χ0n) is 17.1. The standard InChI is InChI=1S/C25H20N2O4/c1-16(28)19-14-12-17(23(29)24(19)31-2)13-15-22-26-21-11-7-6-10-20(21)25(30)27(22)18-8-4-3-5-9-18/h3-15,29H,1-2H3. The van der Waals surface area contributed by atoms with E-state index in [9.17, 15) is 14.7 Å². The summed E-state index contributed by atoms with van der Waals surface area (Å²) in [5.74, 6) is 0.156. The number of benzene rings is 3. The van der Waals surface area contributed by atoms with Crippen LogP contribution < -0.4 is 10.3 Å². The van der Waals surface area contributed by atoms with Crippen LogP contribution in [0.15, 0.2) is 71.5 Å². The summed E-state index contributed by atoms with van der Waals surface area (Å²) in [7, 11) is 1.40. The van der Waals surface area contributed by atoms with Crippen LogP contribution in [-0.2, 0) is 0 Å². The van der Waals surface area contributed by atoms with Crippen LogP contribution in [0.1, 0.15) is 28.7 Å². The molecule has 1 heterocycles. The number of para-hydroxylation sites is 2. The van der Waals surface area contributed by atoms with Crippen LogP contribution in [0.25, 0.3) is 28.7 Å². The Kier molecular flexibility index (Phi) is 5.37. The Hall–Kier alpha value is -4.19. The van der Waals surface area contributed by atoms with E-state index < -0.39 is 0 Å². The van der Waals surface area contributed by atoms with Crippen molar-refractivity contribution in [2.24, 2.45) is 0 Å². The first-order valence-electron chi connectivity index (χ1n) is 9.67. The van der Waals surface area contributed by atoms with Gasteiger partial charge in [0.25, 0.3) is 5.56 Å². The minimum atomic E-state index is -0.211. The average molecular weight is 412 g/mol. The number of aromatic nitrogens is 2. The number of methoxy groups -OCH3 is 1. The predicted molar refractivity (Wildman–Crippen MR) is 121 cm³/mol. The molecule has 31 heavy (non-hydrogen) atoms. The lowest BCUT2D eigenvalue weighted by molar-refractivity contribution is 0.101. The van der Waals surface area contributed by atoms with Crippen molar-refractivity contribution in [1.82, 2.24) is 9.55 Å². The Morgan fingerprint density at radius 1 is 1.00 bits per heavy atom. The fraction of sp³-hybridized carbons (Fsp3) is 0.0800. The number of phenolic OH excluding ortho intramolecular Hbond substituents is 1. The van der Waals surface area contributed by atoms with Gasteiger partial charge in [-0.15, -0.1) is 0 Å². The fourth-order valence-corrected chi connectivity index (χ4v) is 3.46. The summed E-state index contributed by atoms with van der Waals surface area (Å²) in [6, 6.07) is 19.6. The van der Waals surface area contributed by atoms with Gasteiger partial charge in [0.2, 0.25) is 0 Å². The normalized spacial score (nSPS) is 11.2. The van der Waals surface area contributed by atoms with E-state index in [2.05, 4.69) is 4.98 Å². The van der Waals surface area contributed by atoms with Gasteiger partial charge in [-0.2, -0.15) is 0 Å². The molecule has 0 bridgehead atoms. The van der Waals surface area contributed by atoms with E-state index in [0.29, 0.717) is 33.5 Å². The molecule has 0 aliphatic heterocycles. The molecule has 6 heteroatoms. The molecule has 0 aliphatic rings. The van der Waals surface area contributed by atoms with Crippen LogP contribution in [0.2, 0.25) is 0 Å². The maximum absolute atomic E-state index is 13.2. The van der Waals surface area contributed by atoms with Crippen LogP contribution in [0, 0.1) is 0 Å². The van der Waals surface area contributed by atoms with E-state index in [-0.39, 0.29) is 22.8 Å². The third-order valence-electron chi connectivity index (χ3n) is 4.97. The summed E-state index contributed by atoms with van der Waals surface area (Å²) in [5, 5.41) is 11.1. The number of fused-ring (bicyclic) bond motifs is 1. The Morgan fingerprint density at radius 3 is 2.42 bits per heavy atom. The number of ketones is 1. The lowest BCUT2D eigenvalue weighted by Crippen LogP contribution is -2.22. The van der Waals surface area contributed by atoms with Crippen LogP contribution in [0.5, 0.6) is 11.5 Å². The maximum atomic E-state index is 13.2. The molecule has 0 saturated heterocycles. The Labute approximate surface area is 178 Å². The third kappa shape index (κ3) is 3.71. The van der Waals surface area contributed by atoms with Gasteiger partial charge in [-0.05, 0) is 49.4 Å². The summed E-state index contributed by atoms with van der Waals surface area (Å²) in [6.45, 7) is 1.41. The van der Waals surface area contributed by atoms with Gasteiger partial charge in [0.15, 0.2) is 17.3 Å². The van der Waals surface area contributed by atoms with Crippen molar-refractivity contribution in [3.63, 3.8) is 0 Å². The van der Waals surface area contributed by atoms with Crippen LogP contribution in [0.4, 0.5) is 0 Å².